The minimum Gasteiger partial charge on any atom is -0.204 e. The van der Waals surface area contributed by atoms with Gasteiger partial charge < -0.3 is 0 Å². The van der Waals surface area contributed by atoms with Crippen LogP contribution in [0.4, 0.5) is 17.6 Å². The number of rotatable bonds is 3. The molecule has 0 spiro atoms. The van der Waals surface area contributed by atoms with Gasteiger partial charge >= 0.3 is 12.3 Å². The van der Waals surface area contributed by atoms with Gasteiger partial charge in [-0.15, -0.1) is 0 Å². The Hall–Kier alpha value is -0.280. The first-order valence-corrected chi connectivity index (χ1v) is 6.55. The normalized spacial score (nSPS) is 44.6. The lowest BCUT2D eigenvalue weighted by Gasteiger charge is -2.57. The standard InChI is InChI=1S/C13H18F4/c14-11(15)13(16,17)7-12-4-8-1-9(5-12)3-10(2-8)6-12/h8-11H,1-7H2. The van der Waals surface area contributed by atoms with Gasteiger partial charge in [-0.25, -0.2) is 17.6 Å². The third kappa shape index (κ3) is 1.97. The predicted molar refractivity (Wildman–Crippen MR) is 56.2 cm³/mol. The SMILES string of the molecule is FC(F)C(F)(F)CC12CC3CC(CC(C3)C1)C2. The molecule has 0 amide bonds. The van der Waals surface area contributed by atoms with E-state index in [2.05, 4.69) is 0 Å². The molecule has 0 aromatic rings. The Balaban J connectivity index is 1.78. The van der Waals surface area contributed by atoms with Crippen molar-refractivity contribution in [3.63, 3.8) is 0 Å². The third-order valence-corrected chi connectivity index (χ3v) is 5.10. The van der Waals surface area contributed by atoms with Gasteiger partial charge in [0.2, 0.25) is 0 Å². The Bertz CT molecular complexity index is 275. The molecule has 0 aromatic heterocycles. The van der Waals surface area contributed by atoms with Crippen LogP contribution in [0.25, 0.3) is 0 Å². The molecule has 4 bridgehead atoms. The van der Waals surface area contributed by atoms with Gasteiger partial charge in [-0.2, -0.15) is 0 Å². The minimum atomic E-state index is -3.79. The molecule has 0 atom stereocenters. The summed E-state index contributed by atoms with van der Waals surface area (Å²) < 4.78 is 51.3. The maximum Gasteiger partial charge on any atom is 0.308 e. The van der Waals surface area contributed by atoms with Crippen molar-refractivity contribution in [1.29, 1.82) is 0 Å². The maximum atomic E-state index is 13.3. The van der Waals surface area contributed by atoms with Crippen molar-refractivity contribution in [3.05, 3.63) is 0 Å². The molecular formula is C13H18F4. The van der Waals surface area contributed by atoms with Crippen molar-refractivity contribution in [2.45, 2.75) is 57.3 Å². The summed E-state index contributed by atoms with van der Waals surface area (Å²) in [5, 5.41) is 0. The highest BCUT2D eigenvalue weighted by molar-refractivity contribution is 5.03. The highest BCUT2D eigenvalue weighted by Gasteiger charge is 2.56. The molecule has 4 saturated carbocycles. The highest BCUT2D eigenvalue weighted by atomic mass is 19.3. The van der Waals surface area contributed by atoms with E-state index in [0.29, 0.717) is 17.8 Å². The molecule has 4 aliphatic carbocycles. The van der Waals surface area contributed by atoms with Crippen LogP contribution in [-0.2, 0) is 0 Å². The Kier molecular flexibility index (Phi) is 2.50. The molecule has 4 aliphatic rings. The van der Waals surface area contributed by atoms with Crippen molar-refractivity contribution >= 4 is 0 Å². The summed E-state index contributed by atoms with van der Waals surface area (Å²) in [5.41, 5.74) is -0.464. The van der Waals surface area contributed by atoms with E-state index in [0.717, 1.165) is 38.5 Å². The maximum absolute atomic E-state index is 13.3. The molecule has 0 aliphatic heterocycles. The van der Waals surface area contributed by atoms with Gasteiger partial charge in [0.05, 0.1) is 0 Å². The van der Waals surface area contributed by atoms with E-state index in [9.17, 15) is 17.6 Å². The van der Waals surface area contributed by atoms with Gasteiger partial charge in [0, 0.05) is 6.42 Å². The van der Waals surface area contributed by atoms with Gasteiger partial charge in [-0.3, -0.25) is 0 Å². The zero-order valence-electron chi connectivity index (χ0n) is 9.77. The van der Waals surface area contributed by atoms with E-state index in [1.165, 1.54) is 0 Å². The molecule has 0 radical (unpaired) electrons. The van der Waals surface area contributed by atoms with E-state index in [1.54, 1.807) is 0 Å². The lowest BCUT2D eigenvalue weighted by molar-refractivity contribution is -0.178. The summed E-state index contributed by atoms with van der Waals surface area (Å²) in [6, 6.07) is 0. The zero-order chi connectivity index (χ0) is 12.3. The molecule has 0 N–H and O–H groups in total. The topological polar surface area (TPSA) is 0 Å². The van der Waals surface area contributed by atoms with E-state index >= 15 is 0 Å². The summed E-state index contributed by atoms with van der Waals surface area (Å²) in [4.78, 5) is 0. The first-order valence-electron chi connectivity index (χ1n) is 6.55. The van der Waals surface area contributed by atoms with Gasteiger partial charge in [0.1, 0.15) is 0 Å². The molecule has 0 heterocycles. The van der Waals surface area contributed by atoms with E-state index in [1.807, 2.05) is 0 Å². The van der Waals surface area contributed by atoms with Crippen LogP contribution in [0.15, 0.2) is 0 Å². The van der Waals surface area contributed by atoms with Crippen LogP contribution in [-0.4, -0.2) is 12.3 Å². The molecular weight excluding hydrogens is 232 g/mol. The predicted octanol–water partition coefficient (Wildman–Crippen LogP) is 4.49. The van der Waals surface area contributed by atoms with Crippen molar-refractivity contribution in [3.8, 4) is 0 Å². The molecule has 4 rings (SSSR count). The van der Waals surface area contributed by atoms with Crippen molar-refractivity contribution in [2.24, 2.45) is 23.2 Å². The van der Waals surface area contributed by atoms with Gasteiger partial charge in [-0.1, -0.05) is 0 Å². The van der Waals surface area contributed by atoms with Crippen LogP contribution >= 0.6 is 0 Å². The molecule has 4 fully saturated rings. The quantitative estimate of drug-likeness (QED) is 0.647. The smallest absolute Gasteiger partial charge is 0.204 e. The number of hydrogen-bond acceptors (Lipinski definition) is 0. The highest BCUT2D eigenvalue weighted by Crippen LogP contribution is 2.63. The largest absolute Gasteiger partial charge is 0.308 e. The van der Waals surface area contributed by atoms with E-state index in [-0.39, 0.29) is 0 Å². The number of halogens is 4. The van der Waals surface area contributed by atoms with Crippen molar-refractivity contribution in [2.75, 3.05) is 0 Å². The average Bonchev–Trinajstić information content (AvgIpc) is 2.12. The van der Waals surface area contributed by atoms with Crippen LogP contribution in [0.3, 0.4) is 0 Å². The Labute approximate surface area is 98.8 Å². The third-order valence-electron chi connectivity index (χ3n) is 5.10. The fraction of sp³-hybridized carbons (Fsp3) is 1.00. The second-order valence-electron chi connectivity index (χ2n) is 6.66. The van der Waals surface area contributed by atoms with Crippen LogP contribution in [0, 0.1) is 23.2 Å². The molecule has 4 heteroatoms. The first-order chi connectivity index (χ1) is 7.89. The second-order valence-corrected chi connectivity index (χ2v) is 6.66. The number of hydrogen-bond donors (Lipinski definition) is 0. The fourth-order valence-electron chi connectivity index (χ4n) is 5.08. The summed E-state index contributed by atoms with van der Waals surface area (Å²) in [6.07, 6.45) is 1.67. The van der Waals surface area contributed by atoms with Crippen LogP contribution < -0.4 is 0 Å². The van der Waals surface area contributed by atoms with Crippen LogP contribution in [0.5, 0.6) is 0 Å². The lowest BCUT2D eigenvalue weighted by Crippen LogP contribution is -2.49. The molecule has 98 valence electrons. The van der Waals surface area contributed by atoms with Crippen molar-refractivity contribution < 1.29 is 17.6 Å². The van der Waals surface area contributed by atoms with Crippen LogP contribution in [0.2, 0.25) is 0 Å². The average molecular weight is 250 g/mol. The Morgan fingerprint density at radius 2 is 1.35 bits per heavy atom. The van der Waals surface area contributed by atoms with Gasteiger partial charge in [-0.05, 0) is 61.7 Å². The second kappa shape index (κ2) is 3.61. The summed E-state index contributed by atoms with van der Waals surface area (Å²) in [5.74, 6) is -2.18. The van der Waals surface area contributed by atoms with E-state index in [4.69, 9.17) is 0 Å². The molecule has 0 saturated heterocycles. The summed E-state index contributed by atoms with van der Waals surface area (Å²) in [6.45, 7) is 0. The minimum absolute atomic E-state index is 0.464. The monoisotopic (exact) mass is 250 g/mol. The van der Waals surface area contributed by atoms with E-state index < -0.39 is 24.2 Å². The van der Waals surface area contributed by atoms with Gasteiger partial charge in [0.25, 0.3) is 0 Å². The van der Waals surface area contributed by atoms with Crippen molar-refractivity contribution in [1.82, 2.24) is 0 Å². The first kappa shape index (κ1) is 11.8. The number of alkyl halides is 4. The fourth-order valence-corrected chi connectivity index (χ4v) is 5.08. The Morgan fingerprint density at radius 3 is 1.71 bits per heavy atom. The Morgan fingerprint density at radius 1 is 0.941 bits per heavy atom. The summed E-state index contributed by atoms with van der Waals surface area (Å²) in [7, 11) is 0. The molecule has 17 heavy (non-hydrogen) atoms. The van der Waals surface area contributed by atoms with Gasteiger partial charge in [0.15, 0.2) is 0 Å². The molecule has 0 nitrogen and oxygen atoms in total. The molecule has 0 unspecified atom stereocenters. The zero-order valence-corrected chi connectivity index (χ0v) is 9.77. The molecule has 0 aromatic carbocycles. The van der Waals surface area contributed by atoms with Crippen LogP contribution in [0.1, 0.15) is 44.9 Å². The summed E-state index contributed by atoms with van der Waals surface area (Å²) >= 11 is 0. The lowest BCUT2D eigenvalue weighted by atomic mass is 9.48.